The fraction of sp³-hybridized carbons (Fsp3) is 0.750. The van der Waals surface area contributed by atoms with Crippen molar-refractivity contribution in [1.29, 1.82) is 0 Å². The van der Waals surface area contributed by atoms with Crippen molar-refractivity contribution in [2.45, 2.75) is 50.6 Å². The largest absolute Gasteiger partial charge is 0.481 e. The number of carbonyl (C=O) groups is 1. The van der Waals surface area contributed by atoms with Crippen molar-refractivity contribution in [3.63, 3.8) is 0 Å². The minimum atomic E-state index is -4.24. The van der Waals surface area contributed by atoms with Crippen molar-refractivity contribution in [1.82, 2.24) is 10.2 Å². The Hall–Kier alpha value is -1.60. The minimum Gasteiger partial charge on any atom is -0.481 e. The molecule has 0 unspecified atom stereocenters. The van der Waals surface area contributed by atoms with Gasteiger partial charge < -0.3 is 9.52 Å². The highest BCUT2D eigenvalue weighted by Crippen LogP contribution is 2.35. The normalized spacial score (nSPS) is 23.8. The van der Waals surface area contributed by atoms with E-state index in [1.165, 1.54) is 0 Å². The van der Waals surface area contributed by atoms with Crippen LogP contribution in [0.15, 0.2) is 4.42 Å². The first-order chi connectivity index (χ1) is 9.35. The van der Waals surface area contributed by atoms with Gasteiger partial charge in [-0.25, -0.2) is 0 Å². The molecule has 0 saturated heterocycles. The van der Waals surface area contributed by atoms with Crippen LogP contribution in [0.3, 0.4) is 0 Å². The summed E-state index contributed by atoms with van der Waals surface area (Å²) in [6, 6.07) is 0. The standard InChI is InChI=1S/C12H15F3N2O3/c13-12(14,15)6-5-9-16-17-10(20-9)7-1-3-8(4-2-7)11(18)19/h7-8H,1-6H2,(H,18,19). The maximum atomic E-state index is 12.1. The Morgan fingerprint density at radius 3 is 2.45 bits per heavy atom. The molecule has 1 aliphatic rings. The lowest BCUT2D eigenvalue weighted by Gasteiger charge is -2.23. The van der Waals surface area contributed by atoms with Crippen LogP contribution in [-0.2, 0) is 11.2 Å². The molecule has 1 aromatic heterocycles. The molecule has 1 aromatic rings. The second-order valence-corrected chi connectivity index (χ2v) is 5.04. The van der Waals surface area contributed by atoms with Gasteiger partial charge in [-0.05, 0) is 25.7 Å². The summed E-state index contributed by atoms with van der Waals surface area (Å²) in [4.78, 5) is 10.8. The Kier molecular flexibility index (Phi) is 4.29. The summed E-state index contributed by atoms with van der Waals surface area (Å²) in [5, 5.41) is 16.3. The molecule has 1 aliphatic carbocycles. The molecule has 0 radical (unpaired) electrons. The Morgan fingerprint density at radius 2 is 1.90 bits per heavy atom. The van der Waals surface area contributed by atoms with Gasteiger partial charge in [0.15, 0.2) is 0 Å². The summed E-state index contributed by atoms with van der Waals surface area (Å²) in [5.74, 6) is -0.889. The van der Waals surface area contributed by atoms with Gasteiger partial charge in [0, 0.05) is 12.3 Å². The minimum absolute atomic E-state index is 0.0160. The van der Waals surface area contributed by atoms with Crippen molar-refractivity contribution in [3.05, 3.63) is 11.8 Å². The van der Waals surface area contributed by atoms with Gasteiger partial charge in [0.25, 0.3) is 0 Å². The molecule has 0 atom stereocenters. The maximum absolute atomic E-state index is 12.1. The van der Waals surface area contributed by atoms with Crippen molar-refractivity contribution < 1.29 is 27.5 Å². The molecule has 112 valence electrons. The number of aromatic nitrogens is 2. The molecule has 8 heteroatoms. The highest BCUT2D eigenvalue weighted by molar-refractivity contribution is 5.70. The molecule has 0 aliphatic heterocycles. The van der Waals surface area contributed by atoms with Gasteiger partial charge in [0.2, 0.25) is 11.8 Å². The lowest BCUT2D eigenvalue weighted by atomic mass is 9.82. The molecule has 5 nitrogen and oxygen atoms in total. The monoisotopic (exact) mass is 292 g/mol. The summed E-state index contributed by atoms with van der Waals surface area (Å²) in [6.07, 6.45) is -3.27. The molecule has 20 heavy (non-hydrogen) atoms. The molecule has 2 rings (SSSR count). The van der Waals surface area contributed by atoms with Gasteiger partial charge in [-0.3, -0.25) is 4.79 Å². The summed E-state index contributed by atoms with van der Waals surface area (Å²) in [7, 11) is 0. The van der Waals surface area contributed by atoms with Crippen LogP contribution in [0.4, 0.5) is 13.2 Å². The number of rotatable bonds is 4. The van der Waals surface area contributed by atoms with E-state index < -0.39 is 18.6 Å². The third kappa shape index (κ3) is 3.94. The lowest BCUT2D eigenvalue weighted by molar-refractivity contribution is -0.143. The van der Waals surface area contributed by atoms with E-state index in [0.29, 0.717) is 31.6 Å². The number of aryl methyl sites for hydroxylation is 1. The molecular weight excluding hydrogens is 277 g/mol. The van der Waals surface area contributed by atoms with Crippen molar-refractivity contribution >= 4 is 5.97 Å². The average Bonchev–Trinajstić information content (AvgIpc) is 2.84. The van der Waals surface area contributed by atoms with E-state index in [-0.39, 0.29) is 24.1 Å². The van der Waals surface area contributed by atoms with Crippen LogP contribution >= 0.6 is 0 Å². The number of halogens is 3. The Balaban J connectivity index is 1.88. The van der Waals surface area contributed by atoms with E-state index in [4.69, 9.17) is 9.52 Å². The van der Waals surface area contributed by atoms with Gasteiger partial charge in [0.05, 0.1) is 12.3 Å². The van der Waals surface area contributed by atoms with Crippen molar-refractivity contribution in [3.8, 4) is 0 Å². The van der Waals surface area contributed by atoms with Crippen LogP contribution in [0, 0.1) is 5.92 Å². The Bertz CT molecular complexity index is 465. The quantitative estimate of drug-likeness (QED) is 0.923. The fourth-order valence-corrected chi connectivity index (χ4v) is 2.37. The number of carboxylic acid groups (broad SMARTS) is 1. The van der Waals surface area contributed by atoms with Crippen LogP contribution in [0.5, 0.6) is 0 Å². The van der Waals surface area contributed by atoms with E-state index in [1.54, 1.807) is 0 Å². The van der Waals surface area contributed by atoms with Crippen LogP contribution < -0.4 is 0 Å². The number of aliphatic carboxylic acids is 1. The second-order valence-electron chi connectivity index (χ2n) is 5.04. The first kappa shape index (κ1) is 14.8. The first-order valence-electron chi connectivity index (χ1n) is 6.47. The van der Waals surface area contributed by atoms with Gasteiger partial charge >= 0.3 is 12.1 Å². The predicted molar refractivity (Wildman–Crippen MR) is 61.0 cm³/mol. The van der Waals surface area contributed by atoms with E-state index in [0.717, 1.165) is 0 Å². The second kappa shape index (κ2) is 5.80. The lowest BCUT2D eigenvalue weighted by Crippen LogP contribution is -2.20. The zero-order chi connectivity index (χ0) is 14.8. The van der Waals surface area contributed by atoms with Gasteiger partial charge in [0.1, 0.15) is 0 Å². The number of hydrogen-bond acceptors (Lipinski definition) is 4. The van der Waals surface area contributed by atoms with Gasteiger partial charge in [-0.1, -0.05) is 0 Å². The molecule has 1 heterocycles. The van der Waals surface area contributed by atoms with Crippen LogP contribution in [-0.4, -0.2) is 27.4 Å². The zero-order valence-electron chi connectivity index (χ0n) is 10.7. The predicted octanol–water partition coefficient (Wildman–Crippen LogP) is 2.92. The number of hydrogen-bond donors (Lipinski definition) is 1. The Labute approximate surface area is 113 Å². The van der Waals surface area contributed by atoms with E-state index in [2.05, 4.69) is 10.2 Å². The smallest absolute Gasteiger partial charge is 0.389 e. The highest BCUT2D eigenvalue weighted by atomic mass is 19.4. The average molecular weight is 292 g/mol. The molecule has 0 bridgehead atoms. The Morgan fingerprint density at radius 1 is 1.25 bits per heavy atom. The van der Waals surface area contributed by atoms with Crippen molar-refractivity contribution in [2.75, 3.05) is 0 Å². The SMILES string of the molecule is O=C(O)C1CCC(c2nnc(CCC(F)(F)F)o2)CC1. The zero-order valence-corrected chi connectivity index (χ0v) is 10.7. The van der Waals surface area contributed by atoms with Crippen LogP contribution in [0.1, 0.15) is 49.8 Å². The molecule has 0 spiro atoms. The highest BCUT2D eigenvalue weighted by Gasteiger charge is 2.31. The topological polar surface area (TPSA) is 76.2 Å². The van der Waals surface area contributed by atoms with Crippen molar-refractivity contribution in [2.24, 2.45) is 5.92 Å². The fourth-order valence-electron chi connectivity index (χ4n) is 2.37. The third-order valence-corrected chi connectivity index (χ3v) is 3.53. The summed E-state index contributed by atoms with van der Waals surface area (Å²) >= 11 is 0. The molecule has 1 saturated carbocycles. The summed E-state index contributed by atoms with van der Waals surface area (Å²) in [6.45, 7) is 0. The van der Waals surface area contributed by atoms with Gasteiger partial charge in [-0.15, -0.1) is 10.2 Å². The third-order valence-electron chi connectivity index (χ3n) is 3.53. The number of alkyl halides is 3. The molecular formula is C12H15F3N2O3. The molecule has 0 aromatic carbocycles. The number of carboxylic acids is 1. The summed E-state index contributed by atoms with van der Waals surface area (Å²) in [5.41, 5.74) is 0. The van der Waals surface area contributed by atoms with Crippen LogP contribution in [0.25, 0.3) is 0 Å². The van der Waals surface area contributed by atoms with Gasteiger partial charge in [-0.2, -0.15) is 13.2 Å². The molecule has 1 fully saturated rings. The van der Waals surface area contributed by atoms with E-state index in [9.17, 15) is 18.0 Å². The number of nitrogens with zero attached hydrogens (tertiary/aromatic N) is 2. The van der Waals surface area contributed by atoms with E-state index >= 15 is 0 Å². The first-order valence-corrected chi connectivity index (χ1v) is 6.47. The van der Waals surface area contributed by atoms with Crippen LogP contribution in [0.2, 0.25) is 0 Å². The molecule has 1 N–H and O–H groups in total. The molecule has 0 amide bonds. The summed E-state index contributed by atoms with van der Waals surface area (Å²) < 4.78 is 41.5. The maximum Gasteiger partial charge on any atom is 0.389 e. The van der Waals surface area contributed by atoms with E-state index in [1.807, 2.05) is 0 Å².